The Hall–Kier alpha value is -2.20. The topological polar surface area (TPSA) is 76.2 Å². The second-order valence-corrected chi connectivity index (χ2v) is 3.69. The van der Waals surface area contributed by atoms with E-state index in [4.69, 9.17) is 10.8 Å². The molecular formula is C13H12N2O2. The van der Waals surface area contributed by atoms with Crippen LogP contribution in [-0.2, 0) is 0 Å². The van der Waals surface area contributed by atoms with Crippen LogP contribution in [0.4, 0.5) is 0 Å². The molecular weight excluding hydrogens is 216 g/mol. The molecule has 0 amide bonds. The molecule has 17 heavy (non-hydrogen) atoms. The molecule has 0 saturated carbocycles. The molecule has 3 N–H and O–H groups in total. The van der Waals surface area contributed by atoms with Gasteiger partial charge in [-0.1, -0.05) is 12.1 Å². The largest absolute Gasteiger partial charge is 0.478 e. The van der Waals surface area contributed by atoms with Crippen molar-refractivity contribution in [3.05, 3.63) is 65.5 Å². The molecule has 1 unspecified atom stereocenters. The predicted octanol–water partition coefficient (Wildman–Crippen LogP) is 1.83. The third-order valence-electron chi connectivity index (χ3n) is 2.58. The van der Waals surface area contributed by atoms with E-state index in [2.05, 4.69) is 4.98 Å². The summed E-state index contributed by atoms with van der Waals surface area (Å²) in [5.74, 6) is -0.936. The Morgan fingerprint density at radius 2 is 1.59 bits per heavy atom. The van der Waals surface area contributed by atoms with E-state index in [1.165, 1.54) is 0 Å². The van der Waals surface area contributed by atoms with Gasteiger partial charge in [-0.05, 0) is 35.4 Å². The minimum atomic E-state index is -0.936. The molecule has 1 aromatic carbocycles. The Morgan fingerprint density at radius 3 is 2.12 bits per heavy atom. The van der Waals surface area contributed by atoms with Gasteiger partial charge in [0.25, 0.3) is 0 Å². The van der Waals surface area contributed by atoms with E-state index in [1.54, 1.807) is 36.7 Å². The van der Waals surface area contributed by atoms with Gasteiger partial charge in [0, 0.05) is 12.4 Å². The number of rotatable bonds is 3. The first kappa shape index (κ1) is 11.3. The molecule has 0 aliphatic rings. The Balaban J connectivity index is 2.26. The SMILES string of the molecule is NC(c1ccncc1)c1ccc(C(=O)O)cc1. The molecule has 4 nitrogen and oxygen atoms in total. The van der Waals surface area contributed by atoms with Gasteiger partial charge in [0.2, 0.25) is 0 Å². The average molecular weight is 228 g/mol. The first-order valence-corrected chi connectivity index (χ1v) is 5.17. The van der Waals surface area contributed by atoms with Crippen LogP contribution in [0.15, 0.2) is 48.8 Å². The van der Waals surface area contributed by atoms with Gasteiger partial charge in [-0.25, -0.2) is 4.79 Å². The maximum Gasteiger partial charge on any atom is 0.335 e. The zero-order chi connectivity index (χ0) is 12.3. The molecule has 0 aliphatic carbocycles. The maximum absolute atomic E-state index is 10.7. The molecule has 2 aromatic rings. The summed E-state index contributed by atoms with van der Waals surface area (Å²) in [6.45, 7) is 0. The number of benzene rings is 1. The lowest BCUT2D eigenvalue weighted by molar-refractivity contribution is 0.0697. The van der Waals surface area contributed by atoms with Crippen molar-refractivity contribution in [2.45, 2.75) is 6.04 Å². The number of aromatic carboxylic acids is 1. The molecule has 1 aromatic heterocycles. The number of pyridine rings is 1. The summed E-state index contributed by atoms with van der Waals surface area (Å²) in [5.41, 5.74) is 8.15. The highest BCUT2D eigenvalue weighted by atomic mass is 16.4. The quantitative estimate of drug-likeness (QED) is 0.840. The van der Waals surface area contributed by atoms with Crippen molar-refractivity contribution in [2.24, 2.45) is 5.73 Å². The van der Waals surface area contributed by atoms with Gasteiger partial charge in [0.05, 0.1) is 11.6 Å². The normalized spacial score (nSPS) is 12.1. The monoisotopic (exact) mass is 228 g/mol. The minimum absolute atomic E-state index is 0.260. The molecule has 1 heterocycles. The number of nitrogens with zero attached hydrogens (tertiary/aromatic N) is 1. The number of hydrogen-bond acceptors (Lipinski definition) is 3. The molecule has 0 fully saturated rings. The van der Waals surface area contributed by atoms with Gasteiger partial charge in [0.15, 0.2) is 0 Å². The summed E-state index contributed by atoms with van der Waals surface area (Å²) >= 11 is 0. The minimum Gasteiger partial charge on any atom is -0.478 e. The maximum atomic E-state index is 10.7. The predicted molar refractivity (Wildman–Crippen MR) is 63.7 cm³/mol. The van der Waals surface area contributed by atoms with Crippen LogP contribution >= 0.6 is 0 Å². The van der Waals surface area contributed by atoms with Gasteiger partial charge in [0.1, 0.15) is 0 Å². The first-order chi connectivity index (χ1) is 8.18. The summed E-state index contributed by atoms with van der Waals surface area (Å²) in [7, 11) is 0. The lowest BCUT2D eigenvalue weighted by atomic mass is 9.99. The van der Waals surface area contributed by atoms with Gasteiger partial charge >= 0.3 is 5.97 Å². The lowest BCUT2D eigenvalue weighted by Gasteiger charge is -2.12. The molecule has 1 atom stereocenters. The van der Waals surface area contributed by atoms with Crippen LogP contribution in [0.5, 0.6) is 0 Å². The second-order valence-electron chi connectivity index (χ2n) is 3.69. The highest BCUT2D eigenvalue weighted by molar-refractivity contribution is 5.87. The molecule has 4 heteroatoms. The molecule has 2 rings (SSSR count). The summed E-state index contributed by atoms with van der Waals surface area (Å²) in [6.07, 6.45) is 3.36. The van der Waals surface area contributed by atoms with E-state index in [0.717, 1.165) is 11.1 Å². The Kier molecular flexibility index (Phi) is 3.16. The highest BCUT2D eigenvalue weighted by Crippen LogP contribution is 2.19. The van der Waals surface area contributed by atoms with Crippen molar-refractivity contribution in [1.82, 2.24) is 4.98 Å². The lowest BCUT2D eigenvalue weighted by Crippen LogP contribution is -2.12. The Labute approximate surface area is 98.7 Å². The molecule has 0 saturated heterocycles. The average Bonchev–Trinajstić information content (AvgIpc) is 2.39. The second kappa shape index (κ2) is 4.76. The molecule has 0 aliphatic heterocycles. The zero-order valence-electron chi connectivity index (χ0n) is 9.08. The van der Waals surface area contributed by atoms with Gasteiger partial charge in [-0.15, -0.1) is 0 Å². The Bertz CT molecular complexity index is 509. The summed E-state index contributed by atoms with van der Waals surface area (Å²) in [5, 5.41) is 8.79. The fourth-order valence-electron chi connectivity index (χ4n) is 1.60. The molecule has 0 bridgehead atoms. The van der Waals surface area contributed by atoms with Crippen LogP contribution in [0, 0.1) is 0 Å². The molecule has 0 radical (unpaired) electrons. The van der Waals surface area contributed by atoms with Crippen LogP contribution in [-0.4, -0.2) is 16.1 Å². The summed E-state index contributed by atoms with van der Waals surface area (Å²) < 4.78 is 0. The number of aromatic nitrogens is 1. The fraction of sp³-hybridized carbons (Fsp3) is 0.0769. The van der Waals surface area contributed by atoms with Crippen molar-refractivity contribution < 1.29 is 9.90 Å². The highest BCUT2D eigenvalue weighted by Gasteiger charge is 2.09. The Morgan fingerprint density at radius 1 is 1.06 bits per heavy atom. The van der Waals surface area contributed by atoms with Crippen LogP contribution in [0.3, 0.4) is 0 Å². The van der Waals surface area contributed by atoms with E-state index in [9.17, 15) is 4.79 Å². The molecule has 86 valence electrons. The van der Waals surface area contributed by atoms with Crippen LogP contribution in [0.25, 0.3) is 0 Å². The van der Waals surface area contributed by atoms with Gasteiger partial charge < -0.3 is 10.8 Å². The van der Waals surface area contributed by atoms with Crippen LogP contribution in [0.2, 0.25) is 0 Å². The number of carbonyl (C=O) groups is 1. The smallest absolute Gasteiger partial charge is 0.335 e. The fourth-order valence-corrected chi connectivity index (χ4v) is 1.60. The van der Waals surface area contributed by atoms with Crippen molar-refractivity contribution in [2.75, 3.05) is 0 Å². The van der Waals surface area contributed by atoms with Crippen LogP contribution in [0.1, 0.15) is 27.5 Å². The third kappa shape index (κ3) is 2.49. The first-order valence-electron chi connectivity index (χ1n) is 5.17. The van der Waals surface area contributed by atoms with Crippen molar-refractivity contribution in [3.63, 3.8) is 0 Å². The summed E-state index contributed by atoms with van der Waals surface area (Å²) in [6, 6.07) is 9.99. The number of carboxylic acid groups (broad SMARTS) is 1. The van der Waals surface area contributed by atoms with Crippen LogP contribution < -0.4 is 5.73 Å². The number of hydrogen-bond donors (Lipinski definition) is 2. The third-order valence-corrected chi connectivity index (χ3v) is 2.58. The standard InChI is InChI=1S/C13H12N2O2/c14-12(10-5-7-15-8-6-10)9-1-3-11(4-2-9)13(16)17/h1-8,12H,14H2,(H,16,17). The summed E-state index contributed by atoms with van der Waals surface area (Å²) in [4.78, 5) is 14.6. The van der Waals surface area contributed by atoms with E-state index >= 15 is 0 Å². The van der Waals surface area contributed by atoms with Gasteiger partial charge in [-0.3, -0.25) is 4.98 Å². The van der Waals surface area contributed by atoms with Crippen molar-refractivity contribution in [1.29, 1.82) is 0 Å². The van der Waals surface area contributed by atoms with E-state index in [-0.39, 0.29) is 11.6 Å². The van der Waals surface area contributed by atoms with E-state index in [1.807, 2.05) is 12.1 Å². The van der Waals surface area contributed by atoms with E-state index < -0.39 is 5.97 Å². The van der Waals surface area contributed by atoms with Crippen molar-refractivity contribution in [3.8, 4) is 0 Å². The number of nitrogens with two attached hydrogens (primary N) is 1. The zero-order valence-corrected chi connectivity index (χ0v) is 9.08. The van der Waals surface area contributed by atoms with Crippen molar-refractivity contribution >= 4 is 5.97 Å². The van der Waals surface area contributed by atoms with E-state index in [0.29, 0.717) is 0 Å². The number of carboxylic acids is 1. The van der Waals surface area contributed by atoms with Gasteiger partial charge in [-0.2, -0.15) is 0 Å². The molecule has 0 spiro atoms.